The van der Waals surface area contributed by atoms with E-state index in [-0.39, 0.29) is 5.97 Å². The Kier molecular flexibility index (Phi) is 9.24. The summed E-state index contributed by atoms with van der Waals surface area (Å²) >= 11 is 0. The second-order valence-electron chi connectivity index (χ2n) is 3.90. The number of nitrogens with one attached hydrogen (secondary N) is 1. The van der Waals surface area contributed by atoms with Gasteiger partial charge < -0.3 is 15.0 Å². The minimum absolute atomic E-state index is 0.120. The molecule has 1 atom stereocenters. The predicted octanol–water partition coefficient (Wildman–Crippen LogP) is 1.26. The molecular formula is C12H26N2O2. The highest BCUT2D eigenvalue weighted by molar-refractivity contribution is 5.69. The van der Waals surface area contributed by atoms with Crippen LogP contribution in [0.4, 0.5) is 0 Å². The summed E-state index contributed by atoms with van der Waals surface area (Å²) in [6.45, 7) is 12.6. The molecule has 0 aromatic carbocycles. The predicted molar refractivity (Wildman–Crippen MR) is 66.5 cm³/mol. The summed E-state index contributed by atoms with van der Waals surface area (Å²) in [5, 5.41) is 3.33. The van der Waals surface area contributed by atoms with Crippen LogP contribution in [0.3, 0.4) is 0 Å². The number of esters is 1. The highest BCUT2D eigenvalue weighted by Crippen LogP contribution is 1.92. The van der Waals surface area contributed by atoms with Gasteiger partial charge in [0.2, 0.25) is 0 Å². The maximum atomic E-state index is 11.1. The molecule has 0 aliphatic rings. The Hall–Kier alpha value is -0.610. The first-order valence-electron chi connectivity index (χ1n) is 6.25. The van der Waals surface area contributed by atoms with Gasteiger partial charge in [-0.25, -0.2) is 0 Å². The van der Waals surface area contributed by atoms with Gasteiger partial charge >= 0.3 is 5.97 Å². The Morgan fingerprint density at radius 3 is 2.44 bits per heavy atom. The van der Waals surface area contributed by atoms with Gasteiger partial charge in [0.1, 0.15) is 0 Å². The van der Waals surface area contributed by atoms with Crippen molar-refractivity contribution in [3.8, 4) is 0 Å². The molecule has 96 valence electrons. The third kappa shape index (κ3) is 7.65. The topological polar surface area (TPSA) is 41.6 Å². The van der Waals surface area contributed by atoms with Crippen LogP contribution in [0.5, 0.6) is 0 Å². The molecule has 0 rings (SSSR count). The Bertz CT molecular complexity index is 182. The summed E-state index contributed by atoms with van der Waals surface area (Å²) in [4.78, 5) is 13.4. The standard InChI is InChI=1S/C12H26N2O2/c1-5-14(6-2)10-11(4)13-9-8-12(15)16-7-3/h11,13H,5-10H2,1-4H3. The van der Waals surface area contributed by atoms with Gasteiger partial charge in [-0.1, -0.05) is 13.8 Å². The summed E-state index contributed by atoms with van der Waals surface area (Å²) in [6, 6.07) is 0.411. The molecule has 0 saturated heterocycles. The van der Waals surface area contributed by atoms with E-state index >= 15 is 0 Å². The van der Waals surface area contributed by atoms with Gasteiger partial charge in [0.15, 0.2) is 0 Å². The number of rotatable bonds is 9. The third-order valence-electron chi connectivity index (χ3n) is 2.55. The van der Waals surface area contributed by atoms with E-state index in [2.05, 4.69) is 31.0 Å². The minimum atomic E-state index is -0.120. The zero-order chi connectivity index (χ0) is 12.4. The van der Waals surface area contributed by atoms with Crippen molar-refractivity contribution in [1.29, 1.82) is 0 Å². The van der Waals surface area contributed by atoms with E-state index in [1.807, 2.05) is 6.92 Å². The average molecular weight is 230 g/mol. The van der Waals surface area contributed by atoms with Gasteiger partial charge in [0.25, 0.3) is 0 Å². The van der Waals surface area contributed by atoms with Gasteiger partial charge in [0.05, 0.1) is 13.0 Å². The van der Waals surface area contributed by atoms with E-state index in [1.165, 1.54) is 0 Å². The smallest absolute Gasteiger partial charge is 0.307 e. The van der Waals surface area contributed by atoms with Crippen molar-refractivity contribution >= 4 is 5.97 Å². The van der Waals surface area contributed by atoms with Crippen LogP contribution in [0.2, 0.25) is 0 Å². The third-order valence-corrected chi connectivity index (χ3v) is 2.55. The molecule has 0 aromatic rings. The minimum Gasteiger partial charge on any atom is -0.466 e. The molecule has 0 fully saturated rings. The van der Waals surface area contributed by atoms with Gasteiger partial charge in [-0.05, 0) is 26.9 Å². The van der Waals surface area contributed by atoms with Gasteiger partial charge in [0, 0.05) is 19.1 Å². The van der Waals surface area contributed by atoms with Crippen LogP contribution in [-0.2, 0) is 9.53 Å². The zero-order valence-electron chi connectivity index (χ0n) is 11.1. The lowest BCUT2D eigenvalue weighted by Gasteiger charge is -2.23. The maximum absolute atomic E-state index is 11.1. The average Bonchev–Trinajstić information content (AvgIpc) is 2.26. The molecule has 4 nitrogen and oxygen atoms in total. The number of nitrogens with zero attached hydrogens (tertiary/aromatic N) is 1. The Morgan fingerprint density at radius 2 is 1.94 bits per heavy atom. The van der Waals surface area contributed by atoms with Crippen molar-refractivity contribution in [3.63, 3.8) is 0 Å². The summed E-state index contributed by atoms with van der Waals surface area (Å²) in [5.74, 6) is -0.120. The Balaban J connectivity index is 3.56. The molecule has 1 N–H and O–H groups in total. The van der Waals surface area contributed by atoms with Crippen LogP contribution >= 0.6 is 0 Å². The van der Waals surface area contributed by atoms with E-state index in [4.69, 9.17) is 4.74 Å². The molecule has 0 spiro atoms. The summed E-state index contributed by atoms with van der Waals surface area (Å²) in [7, 11) is 0. The molecule has 0 heterocycles. The number of carbonyl (C=O) groups excluding carboxylic acids is 1. The second-order valence-corrected chi connectivity index (χ2v) is 3.90. The van der Waals surface area contributed by atoms with E-state index in [0.717, 1.165) is 19.6 Å². The normalized spacial score (nSPS) is 12.8. The van der Waals surface area contributed by atoms with E-state index in [1.54, 1.807) is 0 Å². The monoisotopic (exact) mass is 230 g/mol. The van der Waals surface area contributed by atoms with Gasteiger partial charge in [-0.15, -0.1) is 0 Å². The van der Waals surface area contributed by atoms with Crippen LogP contribution in [0.15, 0.2) is 0 Å². The molecule has 1 unspecified atom stereocenters. The van der Waals surface area contributed by atoms with E-state index < -0.39 is 0 Å². The summed E-state index contributed by atoms with van der Waals surface area (Å²) < 4.78 is 4.86. The SMILES string of the molecule is CCOC(=O)CCNC(C)CN(CC)CC. The molecule has 0 amide bonds. The molecule has 4 heteroatoms. The molecule has 0 saturated carbocycles. The van der Waals surface area contributed by atoms with Crippen molar-refractivity contribution in [2.75, 3.05) is 32.8 Å². The van der Waals surface area contributed by atoms with Crippen LogP contribution in [0.1, 0.15) is 34.1 Å². The lowest BCUT2D eigenvalue weighted by atomic mass is 10.3. The summed E-state index contributed by atoms with van der Waals surface area (Å²) in [6.07, 6.45) is 0.455. The maximum Gasteiger partial charge on any atom is 0.307 e. The first kappa shape index (κ1) is 15.4. The molecule has 16 heavy (non-hydrogen) atoms. The number of hydrogen-bond donors (Lipinski definition) is 1. The van der Waals surface area contributed by atoms with Crippen molar-refractivity contribution in [2.45, 2.75) is 40.2 Å². The van der Waals surface area contributed by atoms with Crippen molar-refractivity contribution in [3.05, 3.63) is 0 Å². The molecule has 0 aliphatic carbocycles. The fourth-order valence-corrected chi connectivity index (χ4v) is 1.59. The molecule has 0 aliphatic heterocycles. The number of carbonyl (C=O) groups is 1. The van der Waals surface area contributed by atoms with Gasteiger partial charge in [-0.2, -0.15) is 0 Å². The highest BCUT2D eigenvalue weighted by Gasteiger charge is 2.07. The first-order chi connectivity index (χ1) is 7.63. The quantitative estimate of drug-likeness (QED) is 0.606. The van der Waals surface area contributed by atoms with Crippen molar-refractivity contribution in [1.82, 2.24) is 10.2 Å². The van der Waals surface area contributed by atoms with E-state index in [0.29, 0.717) is 25.6 Å². The first-order valence-corrected chi connectivity index (χ1v) is 6.25. The van der Waals surface area contributed by atoms with Gasteiger partial charge in [-0.3, -0.25) is 4.79 Å². The Morgan fingerprint density at radius 1 is 1.31 bits per heavy atom. The molecular weight excluding hydrogens is 204 g/mol. The molecule has 0 radical (unpaired) electrons. The lowest BCUT2D eigenvalue weighted by Crippen LogP contribution is -2.39. The number of hydrogen-bond acceptors (Lipinski definition) is 4. The van der Waals surface area contributed by atoms with Crippen LogP contribution in [0.25, 0.3) is 0 Å². The van der Waals surface area contributed by atoms with Crippen molar-refractivity contribution < 1.29 is 9.53 Å². The Labute approximate surface area is 99.3 Å². The highest BCUT2D eigenvalue weighted by atomic mass is 16.5. The van der Waals surface area contributed by atoms with Crippen LogP contribution in [0, 0.1) is 0 Å². The largest absolute Gasteiger partial charge is 0.466 e. The zero-order valence-corrected chi connectivity index (χ0v) is 11.1. The number of likely N-dealkylation sites (N-methyl/N-ethyl adjacent to an activating group) is 1. The molecule has 0 aromatic heterocycles. The van der Waals surface area contributed by atoms with E-state index in [9.17, 15) is 4.79 Å². The number of ether oxygens (including phenoxy) is 1. The lowest BCUT2D eigenvalue weighted by molar-refractivity contribution is -0.143. The summed E-state index contributed by atoms with van der Waals surface area (Å²) in [5.41, 5.74) is 0. The van der Waals surface area contributed by atoms with Crippen LogP contribution < -0.4 is 5.32 Å². The molecule has 0 bridgehead atoms. The second kappa shape index (κ2) is 9.60. The fourth-order valence-electron chi connectivity index (χ4n) is 1.59. The fraction of sp³-hybridized carbons (Fsp3) is 0.917. The van der Waals surface area contributed by atoms with Crippen molar-refractivity contribution in [2.24, 2.45) is 0 Å². The van der Waals surface area contributed by atoms with Crippen LogP contribution in [-0.4, -0.2) is 49.7 Å².